The van der Waals surface area contributed by atoms with Crippen LogP contribution in [0, 0.1) is 12.3 Å². The smallest absolute Gasteiger partial charge is 0.226 e. The minimum Gasteiger partial charge on any atom is -0.439 e. The molecule has 126 valence electrons. The number of aryl methyl sites for hydroxylation is 1. The number of aromatic nitrogens is 2. The number of hydrogen-bond acceptors (Lipinski definition) is 5. The van der Waals surface area contributed by atoms with Crippen LogP contribution in [0.4, 0.5) is 5.95 Å². The van der Waals surface area contributed by atoms with Gasteiger partial charge in [-0.2, -0.15) is 4.98 Å². The highest BCUT2D eigenvalue weighted by Crippen LogP contribution is 2.24. The average Bonchev–Trinajstić information content (AvgIpc) is 2.55. The molecule has 0 radical (unpaired) electrons. The van der Waals surface area contributed by atoms with Crippen molar-refractivity contribution in [3.8, 4) is 11.6 Å². The van der Waals surface area contributed by atoms with Crippen LogP contribution < -0.4 is 15.8 Å². The summed E-state index contributed by atoms with van der Waals surface area (Å²) in [6.45, 7) is 1.93. The maximum absolute atomic E-state index is 7.41. The van der Waals surface area contributed by atoms with Gasteiger partial charge in [-0.05, 0) is 44.0 Å². The highest BCUT2D eigenvalue weighted by atomic mass is 16.5. The fourth-order valence-electron chi connectivity index (χ4n) is 2.91. The Bertz CT molecular complexity index is 708. The molecule has 1 aliphatic carbocycles. The summed E-state index contributed by atoms with van der Waals surface area (Å²) in [6, 6.07) is 9.33. The third-order valence-corrected chi connectivity index (χ3v) is 4.16. The van der Waals surface area contributed by atoms with Crippen molar-refractivity contribution in [2.24, 2.45) is 5.73 Å². The van der Waals surface area contributed by atoms with Gasteiger partial charge < -0.3 is 15.8 Å². The van der Waals surface area contributed by atoms with Crippen molar-refractivity contribution in [2.75, 3.05) is 5.32 Å². The molecule has 6 heteroatoms. The highest BCUT2D eigenvalue weighted by Gasteiger charge is 2.15. The summed E-state index contributed by atoms with van der Waals surface area (Å²) >= 11 is 0. The molecule has 1 saturated carbocycles. The summed E-state index contributed by atoms with van der Waals surface area (Å²) in [5.41, 5.74) is 6.99. The van der Waals surface area contributed by atoms with E-state index in [4.69, 9.17) is 15.9 Å². The topological polar surface area (TPSA) is 96.9 Å². The van der Waals surface area contributed by atoms with Crippen molar-refractivity contribution in [2.45, 2.75) is 45.1 Å². The molecule has 2 aromatic rings. The zero-order valence-corrected chi connectivity index (χ0v) is 13.9. The van der Waals surface area contributed by atoms with Crippen LogP contribution in [0.5, 0.6) is 11.6 Å². The summed E-state index contributed by atoms with van der Waals surface area (Å²) in [5, 5.41) is 10.8. The summed E-state index contributed by atoms with van der Waals surface area (Å²) in [6.07, 6.45) is 6.17. The van der Waals surface area contributed by atoms with Gasteiger partial charge in [0.15, 0.2) is 0 Å². The lowest BCUT2D eigenvalue weighted by molar-refractivity contribution is 0.451. The Labute approximate surface area is 142 Å². The van der Waals surface area contributed by atoms with Crippen LogP contribution in [0.25, 0.3) is 0 Å². The molecule has 0 unspecified atom stereocenters. The Balaban J connectivity index is 1.71. The molecule has 0 bridgehead atoms. The number of nitrogens with two attached hydrogens (primary N) is 1. The van der Waals surface area contributed by atoms with E-state index in [2.05, 4.69) is 15.3 Å². The summed E-state index contributed by atoms with van der Waals surface area (Å²) in [4.78, 5) is 8.93. The molecule has 24 heavy (non-hydrogen) atoms. The lowest BCUT2D eigenvalue weighted by Crippen LogP contribution is -2.23. The van der Waals surface area contributed by atoms with E-state index in [0.29, 0.717) is 29.2 Å². The van der Waals surface area contributed by atoms with Gasteiger partial charge in [0.1, 0.15) is 11.6 Å². The van der Waals surface area contributed by atoms with E-state index in [1.54, 1.807) is 24.3 Å². The number of anilines is 1. The predicted molar refractivity (Wildman–Crippen MR) is 94.8 cm³/mol. The molecular formula is C18H23N5O. The zero-order chi connectivity index (χ0) is 16.9. The molecular weight excluding hydrogens is 302 g/mol. The normalized spacial score (nSPS) is 15.0. The second kappa shape index (κ2) is 7.29. The average molecular weight is 325 g/mol. The van der Waals surface area contributed by atoms with E-state index >= 15 is 0 Å². The summed E-state index contributed by atoms with van der Waals surface area (Å²) < 4.78 is 5.82. The SMILES string of the molecule is Cc1cc(Oc2ccc(C(=N)N)cc2)nc(NC2CCCCC2)n1. The fraction of sp³-hybridized carbons (Fsp3) is 0.389. The number of amidine groups is 1. The Kier molecular flexibility index (Phi) is 4.93. The van der Waals surface area contributed by atoms with Crippen LogP contribution in [0.15, 0.2) is 30.3 Å². The zero-order valence-electron chi connectivity index (χ0n) is 13.9. The molecule has 0 amide bonds. The Morgan fingerprint density at radius 3 is 2.54 bits per heavy atom. The van der Waals surface area contributed by atoms with E-state index in [-0.39, 0.29) is 5.84 Å². The highest BCUT2D eigenvalue weighted by molar-refractivity contribution is 5.94. The van der Waals surface area contributed by atoms with Crippen molar-refractivity contribution in [1.82, 2.24) is 9.97 Å². The van der Waals surface area contributed by atoms with Gasteiger partial charge in [0.2, 0.25) is 11.8 Å². The standard InChI is InChI=1S/C18H23N5O/c1-12-11-16(24-15-9-7-13(8-10-15)17(19)20)23-18(21-12)22-14-5-3-2-4-6-14/h7-11,14H,2-6H2,1H3,(H3,19,20)(H,21,22,23). The Hall–Kier alpha value is -2.63. The van der Waals surface area contributed by atoms with Crippen LogP contribution in [-0.4, -0.2) is 21.8 Å². The van der Waals surface area contributed by atoms with Crippen molar-refractivity contribution in [3.63, 3.8) is 0 Å². The van der Waals surface area contributed by atoms with Crippen molar-refractivity contribution < 1.29 is 4.74 Å². The molecule has 1 aliphatic rings. The van der Waals surface area contributed by atoms with Crippen molar-refractivity contribution in [1.29, 1.82) is 5.41 Å². The second-order valence-corrected chi connectivity index (χ2v) is 6.19. The largest absolute Gasteiger partial charge is 0.439 e. The van der Waals surface area contributed by atoms with Crippen LogP contribution >= 0.6 is 0 Å². The molecule has 1 aromatic heterocycles. The first-order valence-electron chi connectivity index (χ1n) is 8.35. The summed E-state index contributed by atoms with van der Waals surface area (Å²) in [5.74, 6) is 1.83. The minimum absolute atomic E-state index is 0.0402. The van der Waals surface area contributed by atoms with Gasteiger partial charge in [-0.15, -0.1) is 0 Å². The van der Waals surface area contributed by atoms with Gasteiger partial charge in [0.05, 0.1) is 0 Å². The molecule has 0 aliphatic heterocycles. The monoisotopic (exact) mass is 325 g/mol. The Morgan fingerprint density at radius 1 is 1.17 bits per heavy atom. The van der Waals surface area contributed by atoms with Gasteiger partial charge in [-0.3, -0.25) is 5.41 Å². The van der Waals surface area contributed by atoms with Gasteiger partial charge in [0.25, 0.3) is 0 Å². The minimum atomic E-state index is 0.0402. The first-order valence-corrected chi connectivity index (χ1v) is 8.35. The lowest BCUT2D eigenvalue weighted by atomic mass is 9.96. The Morgan fingerprint density at radius 2 is 1.88 bits per heavy atom. The molecule has 6 nitrogen and oxygen atoms in total. The molecule has 0 saturated heterocycles. The van der Waals surface area contributed by atoms with Crippen LogP contribution in [0.1, 0.15) is 43.4 Å². The third kappa shape index (κ3) is 4.22. The van der Waals surface area contributed by atoms with Gasteiger partial charge >= 0.3 is 0 Å². The van der Waals surface area contributed by atoms with E-state index in [9.17, 15) is 0 Å². The summed E-state index contributed by atoms with van der Waals surface area (Å²) in [7, 11) is 0. The first kappa shape index (κ1) is 16.2. The van der Waals surface area contributed by atoms with Gasteiger partial charge in [0, 0.05) is 23.4 Å². The van der Waals surface area contributed by atoms with Crippen LogP contribution in [0.3, 0.4) is 0 Å². The molecule has 4 N–H and O–H groups in total. The number of ether oxygens (including phenoxy) is 1. The van der Waals surface area contributed by atoms with Crippen LogP contribution in [0.2, 0.25) is 0 Å². The lowest BCUT2D eigenvalue weighted by Gasteiger charge is -2.23. The number of hydrogen-bond donors (Lipinski definition) is 3. The fourth-order valence-corrected chi connectivity index (χ4v) is 2.91. The number of nitrogens with one attached hydrogen (secondary N) is 2. The van der Waals surface area contributed by atoms with Gasteiger partial charge in [-0.1, -0.05) is 19.3 Å². The molecule has 1 aromatic carbocycles. The molecule has 0 spiro atoms. The van der Waals surface area contributed by atoms with Gasteiger partial charge in [-0.25, -0.2) is 4.98 Å². The van der Waals surface area contributed by atoms with Crippen molar-refractivity contribution in [3.05, 3.63) is 41.6 Å². The second-order valence-electron chi connectivity index (χ2n) is 6.19. The van der Waals surface area contributed by atoms with E-state index in [0.717, 1.165) is 5.69 Å². The first-order chi connectivity index (χ1) is 11.6. The third-order valence-electron chi connectivity index (χ3n) is 4.16. The predicted octanol–water partition coefficient (Wildman–Crippen LogP) is 3.61. The molecule has 0 atom stereocenters. The van der Waals surface area contributed by atoms with Crippen molar-refractivity contribution >= 4 is 11.8 Å². The van der Waals surface area contributed by atoms with E-state index in [1.807, 2.05) is 13.0 Å². The van der Waals surface area contributed by atoms with Crippen LogP contribution in [-0.2, 0) is 0 Å². The number of benzene rings is 1. The maximum atomic E-state index is 7.41. The number of rotatable bonds is 5. The molecule has 1 heterocycles. The number of nitrogens with zero attached hydrogens (tertiary/aromatic N) is 2. The molecule has 3 rings (SSSR count). The maximum Gasteiger partial charge on any atom is 0.226 e. The quantitative estimate of drug-likeness (QED) is 0.576. The van der Waals surface area contributed by atoms with E-state index < -0.39 is 0 Å². The number of nitrogen functional groups attached to an aromatic ring is 1. The van der Waals surface area contributed by atoms with E-state index in [1.165, 1.54) is 32.1 Å². The molecule has 1 fully saturated rings.